The van der Waals surface area contributed by atoms with Gasteiger partial charge in [0, 0.05) is 31.3 Å². The molecule has 1 saturated carbocycles. The van der Waals surface area contributed by atoms with Crippen LogP contribution in [0.1, 0.15) is 44.1 Å². The number of pyridine rings is 1. The van der Waals surface area contributed by atoms with Crippen molar-refractivity contribution in [3.63, 3.8) is 0 Å². The number of sulfone groups is 1. The van der Waals surface area contributed by atoms with Gasteiger partial charge in [0.05, 0.1) is 10.1 Å². The maximum absolute atomic E-state index is 13.4. The molecule has 12 heteroatoms. The molecule has 4 heterocycles. The molecule has 39 heavy (non-hydrogen) atoms. The molecule has 0 spiro atoms. The highest BCUT2D eigenvalue weighted by Crippen LogP contribution is 2.33. The number of nitrogens with one attached hydrogen (secondary N) is 1. The van der Waals surface area contributed by atoms with Crippen LogP contribution in [0.2, 0.25) is 0 Å². The fraction of sp³-hybridized carbons (Fsp3) is 0.481. The first-order valence-electron chi connectivity index (χ1n) is 13.6. The van der Waals surface area contributed by atoms with Crippen LogP contribution in [-0.2, 0) is 14.6 Å². The second-order valence-electron chi connectivity index (χ2n) is 10.2. The Morgan fingerprint density at radius 3 is 2.44 bits per heavy atom. The average molecular weight is 569 g/mol. The van der Waals surface area contributed by atoms with Crippen molar-refractivity contribution >= 4 is 48.3 Å². The number of amides is 1. The van der Waals surface area contributed by atoms with Crippen LogP contribution in [0.25, 0.3) is 10.3 Å². The topological polar surface area (TPSA) is 117 Å². The van der Waals surface area contributed by atoms with Gasteiger partial charge in [0.2, 0.25) is 5.88 Å². The van der Waals surface area contributed by atoms with Gasteiger partial charge in [-0.1, -0.05) is 23.5 Å². The number of anilines is 1. The number of nitrogens with zero attached hydrogens (tertiary/aromatic N) is 5. The number of hydrazone groups is 1. The summed E-state index contributed by atoms with van der Waals surface area (Å²) < 4.78 is 31.1. The molecule has 206 valence electrons. The molecular weight excluding hydrogens is 536 g/mol. The van der Waals surface area contributed by atoms with Crippen LogP contribution in [0.15, 0.2) is 46.4 Å². The minimum absolute atomic E-state index is 0.227. The molecule has 0 atom stereocenters. The SMILES string of the molecule is O=C(Nc1nc2ccc(OCCN3CCCC3)nc2s1)C(=NN1CCCC1)c1ccc(S(=O)(=O)C2CC2)cc1. The van der Waals surface area contributed by atoms with Crippen LogP contribution in [-0.4, -0.2) is 84.5 Å². The second kappa shape index (κ2) is 11.2. The van der Waals surface area contributed by atoms with Crippen molar-refractivity contribution in [1.82, 2.24) is 19.9 Å². The summed E-state index contributed by atoms with van der Waals surface area (Å²) in [7, 11) is -3.31. The number of likely N-dealkylation sites (tertiary alicyclic amines) is 1. The van der Waals surface area contributed by atoms with E-state index in [0.29, 0.717) is 46.4 Å². The largest absolute Gasteiger partial charge is 0.476 e. The van der Waals surface area contributed by atoms with Gasteiger partial charge in [-0.2, -0.15) is 5.10 Å². The Kier molecular flexibility index (Phi) is 7.50. The van der Waals surface area contributed by atoms with Crippen molar-refractivity contribution in [2.24, 2.45) is 5.10 Å². The van der Waals surface area contributed by atoms with Crippen LogP contribution in [0.5, 0.6) is 5.88 Å². The van der Waals surface area contributed by atoms with Gasteiger partial charge >= 0.3 is 0 Å². The van der Waals surface area contributed by atoms with Crippen molar-refractivity contribution in [1.29, 1.82) is 0 Å². The molecule has 10 nitrogen and oxygen atoms in total. The van der Waals surface area contributed by atoms with Gasteiger partial charge in [0.25, 0.3) is 5.91 Å². The summed E-state index contributed by atoms with van der Waals surface area (Å²) in [6.07, 6.45) is 5.94. The van der Waals surface area contributed by atoms with Gasteiger partial charge in [-0.25, -0.2) is 18.4 Å². The molecule has 3 fully saturated rings. The van der Waals surface area contributed by atoms with Gasteiger partial charge < -0.3 is 4.74 Å². The zero-order chi connectivity index (χ0) is 26.8. The molecule has 2 aliphatic heterocycles. The molecule has 3 aliphatic rings. The lowest BCUT2D eigenvalue weighted by Gasteiger charge is -2.14. The lowest BCUT2D eigenvalue weighted by atomic mass is 10.1. The zero-order valence-electron chi connectivity index (χ0n) is 21.7. The molecule has 0 bridgehead atoms. The van der Waals surface area contributed by atoms with Crippen LogP contribution in [0, 0.1) is 0 Å². The third-order valence-corrected chi connectivity index (χ3v) is 10.4. The Bertz CT molecular complexity index is 1470. The maximum atomic E-state index is 13.4. The molecule has 1 N–H and O–H groups in total. The highest BCUT2D eigenvalue weighted by molar-refractivity contribution is 7.92. The molecule has 0 unspecified atom stereocenters. The normalized spacial score (nSPS) is 18.7. The predicted molar refractivity (Wildman–Crippen MR) is 151 cm³/mol. The summed E-state index contributed by atoms with van der Waals surface area (Å²) in [5.74, 6) is 0.140. The average Bonchev–Trinajstić information content (AvgIpc) is 3.27. The lowest BCUT2D eigenvalue weighted by Crippen LogP contribution is -2.27. The van der Waals surface area contributed by atoms with E-state index in [1.165, 1.54) is 24.2 Å². The van der Waals surface area contributed by atoms with Gasteiger partial charge in [-0.3, -0.25) is 20.0 Å². The number of carbonyl (C=O) groups is 1. The molecule has 3 aromatic rings. The molecular formula is C27H32N6O4S2. The molecule has 2 saturated heterocycles. The monoisotopic (exact) mass is 568 g/mol. The van der Waals surface area contributed by atoms with Gasteiger partial charge in [0.1, 0.15) is 17.0 Å². The number of benzene rings is 1. The number of rotatable bonds is 10. The number of thiazole rings is 1. The zero-order valence-corrected chi connectivity index (χ0v) is 23.3. The van der Waals surface area contributed by atoms with Crippen molar-refractivity contribution in [2.75, 3.05) is 44.6 Å². The minimum atomic E-state index is -3.31. The predicted octanol–water partition coefficient (Wildman–Crippen LogP) is 3.54. The smallest absolute Gasteiger partial charge is 0.278 e. The van der Waals surface area contributed by atoms with E-state index in [1.807, 2.05) is 11.1 Å². The number of hydrogen-bond donors (Lipinski definition) is 1. The Balaban J connectivity index is 1.17. The number of carbonyl (C=O) groups excluding carboxylic acids is 1. The minimum Gasteiger partial charge on any atom is -0.476 e. The summed E-state index contributed by atoms with van der Waals surface area (Å²) in [4.78, 5) is 25.9. The highest BCUT2D eigenvalue weighted by Gasteiger charge is 2.36. The first kappa shape index (κ1) is 26.1. The third kappa shape index (κ3) is 6.07. The van der Waals surface area contributed by atoms with Crippen LogP contribution >= 0.6 is 11.3 Å². The summed E-state index contributed by atoms with van der Waals surface area (Å²) in [6.45, 7) is 5.27. The fourth-order valence-electron chi connectivity index (χ4n) is 4.93. The number of fused-ring (bicyclic) bond motifs is 1. The van der Waals surface area contributed by atoms with Gasteiger partial charge in [-0.05, 0) is 69.8 Å². The summed E-state index contributed by atoms with van der Waals surface area (Å²) >= 11 is 1.28. The van der Waals surface area contributed by atoms with Gasteiger partial charge in [0.15, 0.2) is 20.7 Å². The lowest BCUT2D eigenvalue weighted by molar-refractivity contribution is -0.110. The van der Waals surface area contributed by atoms with E-state index in [2.05, 4.69) is 25.3 Å². The standard InChI is InChI=1S/C27H32N6O4S2/c34-25(30-27-28-22-11-12-23(29-26(22)38-27)37-18-17-32-13-1-2-14-32)24(31-33-15-3-4-16-33)19-5-7-20(8-6-19)39(35,36)21-9-10-21/h5-8,11-12,21H,1-4,9-10,13-18H2,(H,28,30,34). The van der Waals surface area contributed by atoms with E-state index in [1.54, 1.807) is 30.3 Å². The Labute approximate surface area is 232 Å². The first-order chi connectivity index (χ1) is 19.0. The second-order valence-corrected chi connectivity index (χ2v) is 13.4. The van der Waals surface area contributed by atoms with Crippen molar-refractivity contribution in [3.05, 3.63) is 42.0 Å². The van der Waals surface area contributed by atoms with E-state index >= 15 is 0 Å². The quantitative estimate of drug-likeness (QED) is 0.369. The molecule has 2 aromatic heterocycles. The Morgan fingerprint density at radius 2 is 1.72 bits per heavy atom. The molecule has 1 aliphatic carbocycles. The van der Waals surface area contributed by atoms with E-state index < -0.39 is 15.7 Å². The van der Waals surface area contributed by atoms with Crippen molar-refractivity contribution < 1.29 is 17.9 Å². The number of ether oxygens (including phenoxy) is 1. The van der Waals surface area contributed by atoms with E-state index in [-0.39, 0.29) is 15.9 Å². The molecule has 6 rings (SSSR count). The summed E-state index contributed by atoms with van der Waals surface area (Å²) in [6, 6.07) is 10.1. The van der Waals surface area contributed by atoms with Crippen molar-refractivity contribution in [2.45, 2.75) is 48.7 Å². The van der Waals surface area contributed by atoms with Crippen molar-refractivity contribution in [3.8, 4) is 5.88 Å². The van der Waals surface area contributed by atoms with Crippen LogP contribution in [0.4, 0.5) is 5.13 Å². The molecule has 1 amide bonds. The first-order valence-corrected chi connectivity index (χ1v) is 15.9. The van der Waals surface area contributed by atoms with Gasteiger partial charge in [-0.15, -0.1) is 0 Å². The highest BCUT2D eigenvalue weighted by atomic mass is 32.2. The van der Waals surface area contributed by atoms with E-state index in [0.717, 1.165) is 45.6 Å². The fourth-order valence-corrected chi connectivity index (χ4v) is 7.41. The Morgan fingerprint density at radius 1 is 1.00 bits per heavy atom. The maximum Gasteiger partial charge on any atom is 0.278 e. The summed E-state index contributed by atoms with van der Waals surface area (Å²) in [5.41, 5.74) is 1.46. The number of hydrogen-bond acceptors (Lipinski definition) is 10. The molecule has 1 aromatic carbocycles. The summed E-state index contributed by atoms with van der Waals surface area (Å²) in [5, 5.41) is 9.54. The van der Waals surface area contributed by atoms with E-state index in [9.17, 15) is 13.2 Å². The molecule has 0 radical (unpaired) electrons. The van der Waals surface area contributed by atoms with Crippen LogP contribution < -0.4 is 10.1 Å². The number of aromatic nitrogens is 2. The van der Waals surface area contributed by atoms with Crippen LogP contribution in [0.3, 0.4) is 0 Å². The Hall–Kier alpha value is -3.09. The third-order valence-electron chi connectivity index (χ3n) is 7.27. The van der Waals surface area contributed by atoms with E-state index in [4.69, 9.17) is 4.74 Å².